The molecule has 0 unspecified atom stereocenters. The molecule has 162 valence electrons. The van der Waals surface area contributed by atoms with Crippen LogP contribution in [0.5, 0.6) is 17.4 Å². The fourth-order valence-corrected chi connectivity index (χ4v) is 4.06. The summed E-state index contributed by atoms with van der Waals surface area (Å²) in [5, 5.41) is 9.64. The number of para-hydroxylation sites is 1. The molecule has 0 radical (unpaired) electrons. The second-order valence-electron chi connectivity index (χ2n) is 8.20. The van der Waals surface area contributed by atoms with Crippen molar-refractivity contribution in [1.82, 2.24) is 4.98 Å². The zero-order valence-electron chi connectivity index (χ0n) is 18.2. The van der Waals surface area contributed by atoms with Crippen LogP contribution in [0, 0.1) is 0 Å². The van der Waals surface area contributed by atoms with E-state index in [1.165, 1.54) is 5.56 Å². The van der Waals surface area contributed by atoms with Gasteiger partial charge in [0.25, 0.3) is 0 Å². The molecule has 0 aliphatic carbocycles. The molecule has 5 nitrogen and oxygen atoms in total. The molecule has 1 aromatic heterocycles. The van der Waals surface area contributed by atoms with Crippen LogP contribution in [0.25, 0.3) is 0 Å². The van der Waals surface area contributed by atoms with Crippen molar-refractivity contribution in [2.45, 2.75) is 38.7 Å². The van der Waals surface area contributed by atoms with E-state index >= 15 is 0 Å². The van der Waals surface area contributed by atoms with Gasteiger partial charge in [-0.05, 0) is 53.8 Å². The van der Waals surface area contributed by atoms with Crippen molar-refractivity contribution in [3.05, 3.63) is 78.0 Å². The molecule has 1 aliphatic heterocycles. The fraction of sp³-hybridized carbons (Fsp3) is 0.346. The number of anilines is 1. The molecule has 5 heteroatoms. The molecule has 1 saturated heterocycles. The predicted octanol–water partition coefficient (Wildman–Crippen LogP) is 5.19. The van der Waals surface area contributed by atoms with Crippen LogP contribution in [0.15, 0.2) is 66.9 Å². The predicted molar refractivity (Wildman–Crippen MR) is 123 cm³/mol. The minimum absolute atomic E-state index is 0.0980. The van der Waals surface area contributed by atoms with Gasteiger partial charge in [0.1, 0.15) is 17.6 Å². The Morgan fingerprint density at radius 1 is 1.10 bits per heavy atom. The van der Waals surface area contributed by atoms with E-state index in [4.69, 9.17) is 9.47 Å². The van der Waals surface area contributed by atoms with E-state index in [0.29, 0.717) is 18.2 Å². The smallest absolute Gasteiger partial charge is 0.213 e. The molecular weight excluding hydrogens is 388 g/mol. The SMILES string of the molecule is CC(C)c1ccccc1Oc1ccc(N2CC[C@H](Oc3ccccn3)C2)c(CCO)c1. The summed E-state index contributed by atoms with van der Waals surface area (Å²) in [6, 6.07) is 20.0. The van der Waals surface area contributed by atoms with Crippen LogP contribution in [0.1, 0.15) is 37.3 Å². The van der Waals surface area contributed by atoms with E-state index in [-0.39, 0.29) is 12.7 Å². The lowest BCUT2D eigenvalue weighted by Gasteiger charge is -2.23. The maximum absolute atomic E-state index is 9.64. The summed E-state index contributed by atoms with van der Waals surface area (Å²) >= 11 is 0. The number of nitrogens with zero attached hydrogens (tertiary/aromatic N) is 2. The monoisotopic (exact) mass is 418 g/mol. The second-order valence-corrected chi connectivity index (χ2v) is 8.20. The molecular formula is C26H30N2O3. The van der Waals surface area contributed by atoms with Crippen LogP contribution in [-0.2, 0) is 6.42 Å². The molecule has 0 saturated carbocycles. The highest BCUT2D eigenvalue weighted by Crippen LogP contribution is 2.34. The summed E-state index contributed by atoms with van der Waals surface area (Å²) in [6.45, 7) is 6.14. The summed E-state index contributed by atoms with van der Waals surface area (Å²) in [4.78, 5) is 6.59. The number of benzene rings is 2. The fourth-order valence-electron chi connectivity index (χ4n) is 4.06. The van der Waals surface area contributed by atoms with Crippen LogP contribution in [0.3, 0.4) is 0 Å². The van der Waals surface area contributed by atoms with Gasteiger partial charge in [-0.25, -0.2) is 4.98 Å². The highest BCUT2D eigenvalue weighted by molar-refractivity contribution is 5.58. The van der Waals surface area contributed by atoms with Crippen molar-refractivity contribution in [1.29, 1.82) is 0 Å². The van der Waals surface area contributed by atoms with Gasteiger partial charge < -0.3 is 19.5 Å². The number of rotatable bonds is 8. The molecule has 31 heavy (non-hydrogen) atoms. The summed E-state index contributed by atoms with van der Waals surface area (Å²) in [5.74, 6) is 2.72. The van der Waals surface area contributed by atoms with E-state index in [1.807, 2.05) is 42.5 Å². The average Bonchev–Trinajstić information content (AvgIpc) is 3.23. The van der Waals surface area contributed by atoms with Crippen LogP contribution < -0.4 is 14.4 Å². The third-order valence-electron chi connectivity index (χ3n) is 5.61. The van der Waals surface area contributed by atoms with E-state index < -0.39 is 0 Å². The maximum Gasteiger partial charge on any atom is 0.213 e. The van der Waals surface area contributed by atoms with E-state index in [2.05, 4.69) is 41.9 Å². The largest absolute Gasteiger partial charge is 0.472 e. The van der Waals surface area contributed by atoms with Crippen molar-refractivity contribution in [3.8, 4) is 17.4 Å². The lowest BCUT2D eigenvalue weighted by molar-refractivity contribution is 0.216. The number of pyridine rings is 1. The van der Waals surface area contributed by atoms with Gasteiger partial charge in [0.05, 0.1) is 6.54 Å². The molecule has 1 aliphatic rings. The van der Waals surface area contributed by atoms with Gasteiger partial charge >= 0.3 is 0 Å². The molecule has 1 atom stereocenters. The summed E-state index contributed by atoms with van der Waals surface area (Å²) in [6.07, 6.45) is 3.37. The van der Waals surface area contributed by atoms with Gasteiger partial charge in [-0.15, -0.1) is 0 Å². The molecule has 2 aromatic carbocycles. The summed E-state index contributed by atoms with van der Waals surface area (Å²) < 4.78 is 12.3. The third kappa shape index (κ3) is 5.17. The minimum atomic E-state index is 0.0980. The average molecular weight is 419 g/mol. The molecule has 0 spiro atoms. The van der Waals surface area contributed by atoms with Gasteiger partial charge in [-0.2, -0.15) is 0 Å². The topological polar surface area (TPSA) is 54.8 Å². The molecule has 1 N–H and O–H groups in total. The molecule has 1 fully saturated rings. The molecule has 0 bridgehead atoms. The van der Waals surface area contributed by atoms with Crippen molar-refractivity contribution in [3.63, 3.8) is 0 Å². The van der Waals surface area contributed by atoms with Crippen LogP contribution in [-0.4, -0.2) is 35.9 Å². The van der Waals surface area contributed by atoms with Crippen molar-refractivity contribution >= 4 is 5.69 Å². The Hall–Kier alpha value is -3.05. The van der Waals surface area contributed by atoms with Crippen LogP contribution in [0.4, 0.5) is 5.69 Å². The number of aliphatic hydroxyl groups excluding tert-OH is 1. The number of ether oxygens (including phenoxy) is 2. The number of aliphatic hydroxyl groups is 1. The van der Waals surface area contributed by atoms with E-state index in [1.54, 1.807) is 6.20 Å². The summed E-state index contributed by atoms with van der Waals surface area (Å²) in [7, 11) is 0. The van der Waals surface area contributed by atoms with Crippen LogP contribution >= 0.6 is 0 Å². The Balaban J connectivity index is 1.50. The Morgan fingerprint density at radius 2 is 1.94 bits per heavy atom. The quantitative estimate of drug-likeness (QED) is 0.546. The minimum Gasteiger partial charge on any atom is -0.472 e. The molecule has 4 rings (SSSR count). The Labute approximate surface area is 184 Å². The van der Waals surface area contributed by atoms with Crippen molar-refractivity contribution < 1.29 is 14.6 Å². The Bertz CT molecular complexity index is 991. The highest BCUT2D eigenvalue weighted by atomic mass is 16.5. The zero-order chi connectivity index (χ0) is 21.6. The summed E-state index contributed by atoms with van der Waals surface area (Å²) in [5.41, 5.74) is 3.40. The standard InChI is InChI=1S/C26H30N2O3/c1-19(2)23-7-3-4-8-25(23)30-21-10-11-24(20(17-21)13-16-29)28-15-12-22(18-28)31-26-9-5-6-14-27-26/h3-11,14,17,19,22,29H,12-13,15-16,18H2,1-2H3/t22-/m0/s1. The first kappa shape index (κ1) is 21.2. The molecule has 2 heterocycles. The Kier molecular flexibility index (Phi) is 6.73. The van der Waals surface area contributed by atoms with Gasteiger partial charge in [-0.3, -0.25) is 0 Å². The number of aromatic nitrogens is 1. The normalized spacial score (nSPS) is 16.0. The molecule has 0 amide bonds. The maximum atomic E-state index is 9.64. The number of hydrogen-bond acceptors (Lipinski definition) is 5. The van der Waals surface area contributed by atoms with Gasteiger partial charge in [0, 0.05) is 37.5 Å². The first-order valence-corrected chi connectivity index (χ1v) is 11.0. The first-order valence-electron chi connectivity index (χ1n) is 11.0. The first-order chi connectivity index (χ1) is 15.1. The van der Waals surface area contributed by atoms with E-state index in [0.717, 1.165) is 42.3 Å². The van der Waals surface area contributed by atoms with E-state index in [9.17, 15) is 5.11 Å². The van der Waals surface area contributed by atoms with Crippen molar-refractivity contribution in [2.75, 3.05) is 24.6 Å². The van der Waals surface area contributed by atoms with Gasteiger partial charge in [0.15, 0.2) is 0 Å². The molecule has 3 aromatic rings. The van der Waals surface area contributed by atoms with Crippen LogP contribution in [0.2, 0.25) is 0 Å². The lowest BCUT2D eigenvalue weighted by atomic mass is 10.0. The Morgan fingerprint density at radius 3 is 2.71 bits per heavy atom. The van der Waals surface area contributed by atoms with Gasteiger partial charge in [0.2, 0.25) is 5.88 Å². The highest BCUT2D eigenvalue weighted by Gasteiger charge is 2.26. The lowest BCUT2D eigenvalue weighted by Crippen LogP contribution is -2.25. The zero-order valence-corrected chi connectivity index (χ0v) is 18.2. The third-order valence-corrected chi connectivity index (χ3v) is 5.61. The number of hydrogen-bond donors (Lipinski definition) is 1. The second kappa shape index (κ2) is 9.84. The van der Waals surface area contributed by atoms with Crippen molar-refractivity contribution in [2.24, 2.45) is 0 Å². The van der Waals surface area contributed by atoms with Gasteiger partial charge in [-0.1, -0.05) is 38.1 Å².